The minimum atomic E-state index is -0.833. The van der Waals surface area contributed by atoms with Crippen LogP contribution in [0.25, 0.3) is 0 Å². The van der Waals surface area contributed by atoms with Gasteiger partial charge in [0, 0.05) is 6.42 Å². The maximum Gasteiger partial charge on any atom is 0.320 e. The third kappa shape index (κ3) is 4.13. The lowest BCUT2D eigenvalue weighted by atomic mass is 9.98. The van der Waals surface area contributed by atoms with Gasteiger partial charge in [0.1, 0.15) is 0 Å². The largest absolute Gasteiger partial charge is 0.320 e. The summed E-state index contributed by atoms with van der Waals surface area (Å²) in [6.45, 7) is 1.92. The van der Waals surface area contributed by atoms with Crippen molar-refractivity contribution < 1.29 is 9.59 Å². The van der Waals surface area contributed by atoms with Gasteiger partial charge in [-0.3, -0.25) is 14.9 Å². The first-order valence-electron chi connectivity index (χ1n) is 4.64. The monoisotopic (exact) mass is 225 g/mol. The summed E-state index contributed by atoms with van der Waals surface area (Å²) in [5.41, 5.74) is 1.06. The molecule has 1 rings (SSSR count). The third-order valence-electron chi connectivity index (χ3n) is 2.10. The van der Waals surface area contributed by atoms with Crippen molar-refractivity contribution in [3.05, 3.63) is 35.9 Å². The van der Waals surface area contributed by atoms with Crippen LogP contribution < -0.4 is 5.32 Å². The second kappa shape index (κ2) is 5.51. The van der Waals surface area contributed by atoms with Gasteiger partial charge in [-0.1, -0.05) is 37.3 Å². The Morgan fingerprint density at radius 1 is 1.33 bits per heavy atom. The lowest BCUT2D eigenvalue weighted by Gasteiger charge is -2.10. The van der Waals surface area contributed by atoms with E-state index in [-0.39, 0.29) is 18.2 Å². The molecule has 1 aromatic carbocycles. The minimum absolute atomic E-state index is 0.0715. The predicted molar refractivity (Wildman–Crippen MR) is 58.9 cm³/mol. The minimum Gasteiger partial charge on any atom is -0.283 e. The quantitative estimate of drug-likeness (QED) is 0.635. The Bertz CT molecular complexity index is 351. The third-order valence-corrected chi connectivity index (χ3v) is 2.19. The van der Waals surface area contributed by atoms with Crippen LogP contribution in [-0.2, 0) is 4.79 Å². The van der Waals surface area contributed by atoms with Gasteiger partial charge in [0.25, 0.3) is 0 Å². The molecule has 2 amide bonds. The number of rotatable bonds is 3. The summed E-state index contributed by atoms with van der Waals surface area (Å²) in [6, 6.07) is 9.63. The molecule has 0 aromatic heterocycles. The standard InChI is InChI=1S/C11H12ClNO2/c1-8(7-10(14)13-11(12)15)9-5-3-2-4-6-9/h2-6,8H,7H2,1H3,(H,13,14,15). The molecule has 0 heterocycles. The van der Waals surface area contributed by atoms with Crippen molar-refractivity contribution in [3.63, 3.8) is 0 Å². The average Bonchev–Trinajstić information content (AvgIpc) is 2.17. The molecular weight excluding hydrogens is 214 g/mol. The van der Waals surface area contributed by atoms with E-state index in [1.807, 2.05) is 42.6 Å². The van der Waals surface area contributed by atoms with E-state index in [9.17, 15) is 9.59 Å². The lowest BCUT2D eigenvalue weighted by molar-refractivity contribution is -0.120. The van der Waals surface area contributed by atoms with Crippen molar-refractivity contribution in [1.29, 1.82) is 0 Å². The second-order valence-electron chi connectivity index (χ2n) is 3.34. The molecule has 1 aromatic rings. The highest BCUT2D eigenvalue weighted by atomic mass is 35.5. The Morgan fingerprint density at radius 2 is 1.93 bits per heavy atom. The van der Waals surface area contributed by atoms with Crippen LogP contribution in [0, 0.1) is 0 Å². The number of imide groups is 1. The Labute approximate surface area is 93.4 Å². The van der Waals surface area contributed by atoms with Gasteiger partial charge in [-0.2, -0.15) is 0 Å². The van der Waals surface area contributed by atoms with Crippen LogP contribution in [0.5, 0.6) is 0 Å². The summed E-state index contributed by atoms with van der Waals surface area (Å²) < 4.78 is 0. The van der Waals surface area contributed by atoms with Gasteiger partial charge in [0.05, 0.1) is 0 Å². The van der Waals surface area contributed by atoms with E-state index in [1.54, 1.807) is 0 Å². The Balaban J connectivity index is 2.53. The Kier molecular flexibility index (Phi) is 4.31. The average molecular weight is 226 g/mol. The number of benzene rings is 1. The van der Waals surface area contributed by atoms with E-state index in [0.717, 1.165) is 5.56 Å². The van der Waals surface area contributed by atoms with Crippen LogP contribution in [0.2, 0.25) is 0 Å². The molecule has 0 aliphatic rings. The molecule has 0 aliphatic heterocycles. The van der Waals surface area contributed by atoms with Crippen molar-refractivity contribution in [1.82, 2.24) is 5.32 Å². The molecule has 1 N–H and O–H groups in total. The van der Waals surface area contributed by atoms with Gasteiger partial charge in [-0.15, -0.1) is 0 Å². The molecule has 0 spiro atoms. The number of nitrogens with one attached hydrogen (secondary N) is 1. The second-order valence-corrected chi connectivity index (χ2v) is 3.68. The molecule has 15 heavy (non-hydrogen) atoms. The van der Waals surface area contributed by atoms with Gasteiger partial charge in [0.2, 0.25) is 5.91 Å². The highest BCUT2D eigenvalue weighted by Gasteiger charge is 2.12. The van der Waals surface area contributed by atoms with Crippen molar-refractivity contribution in [2.45, 2.75) is 19.3 Å². The first-order valence-corrected chi connectivity index (χ1v) is 5.01. The summed E-state index contributed by atoms with van der Waals surface area (Å²) in [7, 11) is 0. The number of hydrogen-bond donors (Lipinski definition) is 1. The Hall–Kier alpha value is -1.35. The number of carbonyl (C=O) groups excluding carboxylic acids is 2. The van der Waals surface area contributed by atoms with E-state index < -0.39 is 5.37 Å². The van der Waals surface area contributed by atoms with E-state index in [1.165, 1.54) is 0 Å². The topological polar surface area (TPSA) is 46.2 Å². The first-order chi connectivity index (χ1) is 7.09. The summed E-state index contributed by atoms with van der Waals surface area (Å²) >= 11 is 5.03. The van der Waals surface area contributed by atoms with E-state index in [2.05, 4.69) is 0 Å². The molecular formula is C11H12ClNO2. The fourth-order valence-corrected chi connectivity index (χ4v) is 1.44. The van der Waals surface area contributed by atoms with Crippen molar-refractivity contribution in [3.8, 4) is 0 Å². The van der Waals surface area contributed by atoms with Crippen LogP contribution in [0.1, 0.15) is 24.8 Å². The zero-order chi connectivity index (χ0) is 11.3. The molecule has 0 saturated carbocycles. The summed E-state index contributed by atoms with van der Waals surface area (Å²) in [5, 5.41) is 1.20. The fourth-order valence-electron chi connectivity index (χ4n) is 1.34. The zero-order valence-corrected chi connectivity index (χ0v) is 9.12. The lowest BCUT2D eigenvalue weighted by Crippen LogP contribution is -2.26. The first kappa shape index (κ1) is 11.7. The van der Waals surface area contributed by atoms with Crippen molar-refractivity contribution >= 4 is 22.9 Å². The zero-order valence-electron chi connectivity index (χ0n) is 8.37. The molecule has 0 saturated heterocycles. The van der Waals surface area contributed by atoms with Crippen LogP contribution in [0.15, 0.2) is 30.3 Å². The number of halogens is 1. The van der Waals surface area contributed by atoms with Crippen LogP contribution >= 0.6 is 11.6 Å². The molecule has 4 heteroatoms. The van der Waals surface area contributed by atoms with Crippen LogP contribution in [0.3, 0.4) is 0 Å². The molecule has 1 unspecified atom stereocenters. The van der Waals surface area contributed by atoms with Gasteiger partial charge < -0.3 is 0 Å². The number of hydrogen-bond acceptors (Lipinski definition) is 2. The molecule has 0 fully saturated rings. The normalized spacial score (nSPS) is 11.9. The van der Waals surface area contributed by atoms with Crippen LogP contribution in [-0.4, -0.2) is 11.3 Å². The van der Waals surface area contributed by atoms with Crippen molar-refractivity contribution in [2.24, 2.45) is 0 Å². The smallest absolute Gasteiger partial charge is 0.283 e. The SMILES string of the molecule is CC(CC(=O)NC(=O)Cl)c1ccccc1. The fraction of sp³-hybridized carbons (Fsp3) is 0.273. The highest BCUT2D eigenvalue weighted by molar-refractivity contribution is 6.64. The maximum absolute atomic E-state index is 11.2. The molecule has 3 nitrogen and oxygen atoms in total. The maximum atomic E-state index is 11.2. The predicted octanol–water partition coefficient (Wildman–Crippen LogP) is 2.66. The van der Waals surface area contributed by atoms with Crippen LogP contribution in [0.4, 0.5) is 4.79 Å². The molecule has 0 bridgehead atoms. The van der Waals surface area contributed by atoms with Crippen molar-refractivity contribution in [2.75, 3.05) is 0 Å². The number of carbonyl (C=O) groups is 2. The summed E-state index contributed by atoms with van der Waals surface area (Å²) in [4.78, 5) is 21.6. The van der Waals surface area contributed by atoms with E-state index >= 15 is 0 Å². The van der Waals surface area contributed by atoms with E-state index in [0.29, 0.717) is 0 Å². The summed E-state index contributed by atoms with van der Waals surface area (Å²) in [5.74, 6) is -0.284. The van der Waals surface area contributed by atoms with Gasteiger partial charge in [-0.05, 0) is 23.1 Å². The molecule has 0 radical (unpaired) electrons. The highest BCUT2D eigenvalue weighted by Crippen LogP contribution is 2.17. The van der Waals surface area contributed by atoms with E-state index in [4.69, 9.17) is 11.6 Å². The number of amides is 2. The Morgan fingerprint density at radius 3 is 2.47 bits per heavy atom. The molecule has 0 aliphatic carbocycles. The van der Waals surface area contributed by atoms with Gasteiger partial charge >= 0.3 is 5.37 Å². The molecule has 80 valence electrons. The van der Waals surface area contributed by atoms with Gasteiger partial charge in [0.15, 0.2) is 0 Å². The molecule has 1 atom stereocenters. The van der Waals surface area contributed by atoms with Gasteiger partial charge in [-0.25, -0.2) is 0 Å². The summed E-state index contributed by atoms with van der Waals surface area (Å²) in [6.07, 6.45) is 0.252.